The van der Waals surface area contributed by atoms with Crippen molar-refractivity contribution in [2.24, 2.45) is 5.92 Å². The number of hydrogen-bond acceptors (Lipinski definition) is 5. The highest BCUT2D eigenvalue weighted by Gasteiger charge is 2.26. The van der Waals surface area contributed by atoms with Crippen LogP contribution in [0.3, 0.4) is 0 Å². The van der Waals surface area contributed by atoms with E-state index in [0.29, 0.717) is 22.9 Å². The molecule has 0 aliphatic carbocycles. The molecule has 0 saturated carbocycles. The van der Waals surface area contributed by atoms with Crippen molar-refractivity contribution in [1.82, 2.24) is 19.6 Å². The highest BCUT2D eigenvalue weighted by atomic mass is 19.1. The monoisotopic (exact) mass is 622 g/mol. The van der Waals surface area contributed by atoms with Crippen LogP contribution < -0.4 is 10.2 Å². The lowest BCUT2D eigenvalue weighted by Crippen LogP contribution is -2.35. The van der Waals surface area contributed by atoms with Crippen LogP contribution in [-0.4, -0.2) is 50.3 Å². The van der Waals surface area contributed by atoms with E-state index >= 15 is 0 Å². The number of halogens is 1. The Balaban J connectivity index is 1.15. The molecule has 1 aliphatic heterocycles. The average molecular weight is 623 g/mol. The molecule has 9 heteroatoms. The second-order valence-electron chi connectivity index (χ2n) is 14.1. The van der Waals surface area contributed by atoms with Gasteiger partial charge in [-0.15, -0.1) is 0 Å². The molecule has 3 heterocycles. The Hall–Kier alpha value is -4.50. The van der Waals surface area contributed by atoms with E-state index in [1.165, 1.54) is 17.8 Å². The molecule has 6 rings (SSSR count). The van der Waals surface area contributed by atoms with Gasteiger partial charge in [-0.2, -0.15) is 10.2 Å². The second-order valence-corrected chi connectivity index (χ2v) is 14.1. The van der Waals surface area contributed by atoms with Gasteiger partial charge < -0.3 is 15.3 Å². The summed E-state index contributed by atoms with van der Waals surface area (Å²) in [5.74, 6) is -0.117. The van der Waals surface area contributed by atoms with E-state index in [1.807, 2.05) is 49.8 Å². The smallest absolute Gasteiger partial charge is 0.259 e. The van der Waals surface area contributed by atoms with E-state index in [4.69, 9.17) is 5.10 Å². The maximum atomic E-state index is 13.7. The zero-order valence-corrected chi connectivity index (χ0v) is 27.3. The predicted octanol–water partition coefficient (Wildman–Crippen LogP) is 7.23. The third-order valence-electron chi connectivity index (χ3n) is 9.12. The molecule has 0 bridgehead atoms. The lowest BCUT2D eigenvalue weighted by Gasteiger charge is -2.34. The number of rotatable bonds is 8. The fraction of sp³-hybridized carbons (Fsp3) is 0.378. The van der Waals surface area contributed by atoms with Gasteiger partial charge in [-0.05, 0) is 99.7 Å². The third-order valence-corrected chi connectivity index (χ3v) is 9.12. The molecule has 240 valence electrons. The van der Waals surface area contributed by atoms with Crippen LogP contribution >= 0.6 is 0 Å². The summed E-state index contributed by atoms with van der Waals surface area (Å²) in [7, 11) is 0. The van der Waals surface area contributed by atoms with Gasteiger partial charge in [0, 0.05) is 47.4 Å². The lowest BCUT2D eigenvalue weighted by molar-refractivity contribution is 0.102. The Morgan fingerprint density at radius 3 is 2.28 bits per heavy atom. The standard InChI is InChI=1S/C37H43FN6O2/c1-36(2,3)44-34(26-6-11-29(38)12-7-26)32(22-40-44)35(46)41-30-13-8-27-21-39-43(33(27)20-30)23-25-16-18-42(19-17-25)31-14-9-28(10-15-31)37(4,5)24-45/h6-15,20-22,25,45H,16-19,23-24H2,1-5H3,(H,41,46). The van der Waals surface area contributed by atoms with E-state index in [9.17, 15) is 14.3 Å². The quantitative estimate of drug-likeness (QED) is 0.191. The number of aliphatic hydroxyl groups excluding tert-OH is 1. The Labute approximate surface area is 269 Å². The van der Waals surface area contributed by atoms with Gasteiger partial charge in [-0.3, -0.25) is 14.2 Å². The molecule has 0 atom stereocenters. The zero-order valence-electron chi connectivity index (χ0n) is 27.3. The molecule has 1 amide bonds. The molecule has 8 nitrogen and oxygen atoms in total. The van der Waals surface area contributed by atoms with Crippen molar-refractivity contribution in [2.75, 3.05) is 29.9 Å². The number of nitrogens with zero attached hydrogens (tertiary/aromatic N) is 5. The van der Waals surface area contributed by atoms with Gasteiger partial charge in [0.1, 0.15) is 5.82 Å². The van der Waals surface area contributed by atoms with E-state index < -0.39 is 0 Å². The molecule has 0 radical (unpaired) electrons. The van der Waals surface area contributed by atoms with Crippen molar-refractivity contribution in [1.29, 1.82) is 0 Å². The van der Waals surface area contributed by atoms with Crippen molar-refractivity contribution in [3.8, 4) is 11.3 Å². The SMILES string of the molecule is CC(C)(CO)c1ccc(N2CCC(Cn3ncc4ccc(NC(=O)c5cnn(C(C)(C)C)c5-c5ccc(F)cc5)cc43)CC2)cc1. The minimum atomic E-state index is -0.383. The first-order valence-electron chi connectivity index (χ1n) is 16.0. The maximum Gasteiger partial charge on any atom is 0.259 e. The van der Waals surface area contributed by atoms with Crippen molar-refractivity contribution in [3.05, 3.63) is 96.1 Å². The molecule has 1 aliphatic rings. The average Bonchev–Trinajstić information content (AvgIpc) is 3.67. The fourth-order valence-electron chi connectivity index (χ4n) is 6.23. The third kappa shape index (κ3) is 6.42. The van der Waals surface area contributed by atoms with Crippen LogP contribution in [-0.2, 0) is 17.5 Å². The summed E-state index contributed by atoms with van der Waals surface area (Å²) in [4.78, 5) is 16.1. The topological polar surface area (TPSA) is 88.2 Å². The molecule has 1 saturated heterocycles. The molecule has 1 fully saturated rings. The first-order chi connectivity index (χ1) is 21.9. The van der Waals surface area contributed by atoms with Gasteiger partial charge in [-0.1, -0.05) is 26.0 Å². The minimum Gasteiger partial charge on any atom is -0.395 e. The van der Waals surface area contributed by atoms with Gasteiger partial charge in [0.25, 0.3) is 5.91 Å². The van der Waals surface area contributed by atoms with Crippen LogP contribution in [0.25, 0.3) is 22.2 Å². The number of nitrogens with one attached hydrogen (secondary N) is 1. The number of aliphatic hydroxyl groups is 1. The molecule has 46 heavy (non-hydrogen) atoms. The predicted molar refractivity (Wildman–Crippen MR) is 182 cm³/mol. The molecule has 3 aromatic carbocycles. The summed E-state index contributed by atoms with van der Waals surface area (Å²) in [5, 5.41) is 23.0. The number of carbonyl (C=O) groups excluding carboxylic acids is 1. The van der Waals surface area contributed by atoms with E-state index in [2.05, 4.69) is 58.1 Å². The summed E-state index contributed by atoms with van der Waals surface area (Å²) in [6, 6.07) is 20.6. The number of carbonyl (C=O) groups is 1. The second kappa shape index (κ2) is 12.4. The van der Waals surface area contributed by atoms with Gasteiger partial charge in [0.2, 0.25) is 0 Å². The van der Waals surface area contributed by atoms with Crippen molar-refractivity contribution in [3.63, 3.8) is 0 Å². The number of fused-ring (bicyclic) bond motifs is 1. The van der Waals surface area contributed by atoms with Crippen LogP contribution in [0.4, 0.5) is 15.8 Å². The fourth-order valence-corrected chi connectivity index (χ4v) is 6.23. The first kappa shape index (κ1) is 31.5. The van der Waals surface area contributed by atoms with Crippen molar-refractivity contribution in [2.45, 2.75) is 65.0 Å². The van der Waals surface area contributed by atoms with Gasteiger partial charge >= 0.3 is 0 Å². The Kier molecular flexibility index (Phi) is 8.46. The summed E-state index contributed by atoms with van der Waals surface area (Å²) >= 11 is 0. The largest absolute Gasteiger partial charge is 0.395 e. The Morgan fingerprint density at radius 2 is 1.63 bits per heavy atom. The Morgan fingerprint density at radius 1 is 0.935 bits per heavy atom. The van der Waals surface area contributed by atoms with Crippen molar-refractivity contribution >= 4 is 28.2 Å². The van der Waals surface area contributed by atoms with E-state index in [0.717, 1.165) is 54.5 Å². The summed E-state index contributed by atoms with van der Waals surface area (Å²) in [6.07, 6.45) is 5.58. The van der Waals surface area contributed by atoms with Gasteiger partial charge in [0.15, 0.2) is 0 Å². The number of benzene rings is 3. The number of hydrogen-bond donors (Lipinski definition) is 2. The molecule has 2 N–H and O–H groups in total. The van der Waals surface area contributed by atoms with Gasteiger partial charge in [0.05, 0.1) is 41.3 Å². The van der Waals surface area contributed by atoms with Crippen LogP contribution in [0.15, 0.2) is 79.1 Å². The van der Waals surface area contributed by atoms with Crippen LogP contribution in [0.2, 0.25) is 0 Å². The molecular weight excluding hydrogens is 579 g/mol. The van der Waals surface area contributed by atoms with E-state index in [-0.39, 0.29) is 29.3 Å². The summed E-state index contributed by atoms with van der Waals surface area (Å²) < 4.78 is 17.6. The number of amides is 1. The first-order valence-corrected chi connectivity index (χ1v) is 16.0. The highest BCUT2D eigenvalue weighted by molar-refractivity contribution is 6.08. The van der Waals surface area contributed by atoms with Crippen LogP contribution in [0.1, 0.15) is 63.4 Å². The molecular formula is C37H43FN6O2. The minimum absolute atomic E-state index is 0.120. The van der Waals surface area contributed by atoms with E-state index in [1.54, 1.807) is 18.3 Å². The van der Waals surface area contributed by atoms with Crippen LogP contribution in [0, 0.1) is 11.7 Å². The summed E-state index contributed by atoms with van der Waals surface area (Å²) in [5.41, 5.74) is 5.18. The normalized spacial score (nSPS) is 14.6. The summed E-state index contributed by atoms with van der Waals surface area (Å²) in [6.45, 7) is 13.1. The molecule has 2 aromatic heterocycles. The number of piperidine rings is 1. The molecule has 0 unspecified atom stereocenters. The maximum absolute atomic E-state index is 13.7. The molecule has 0 spiro atoms. The van der Waals surface area contributed by atoms with Crippen molar-refractivity contribution < 1.29 is 14.3 Å². The lowest BCUT2D eigenvalue weighted by atomic mass is 9.85. The van der Waals surface area contributed by atoms with Gasteiger partial charge in [-0.25, -0.2) is 4.39 Å². The highest BCUT2D eigenvalue weighted by Crippen LogP contribution is 2.32. The Bertz CT molecular complexity index is 1820. The number of anilines is 2. The van der Waals surface area contributed by atoms with Crippen LogP contribution in [0.5, 0.6) is 0 Å². The molecule has 5 aromatic rings. The zero-order chi connectivity index (χ0) is 32.6. The number of aromatic nitrogens is 4.